The molecule has 0 aliphatic rings. The molecular formula is C16H26N2O3. The van der Waals surface area contributed by atoms with Crippen LogP contribution < -0.4 is 10.5 Å². The van der Waals surface area contributed by atoms with Crippen LogP contribution in [0.1, 0.15) is 37.6 Å². The fourth-order valence-electron chi connectivity index (χ4n) is 2.13. The highest BCUT2D eigenvalue weighted by Gasteiger charge is 2.25. The van der Waals surface area contributed by atoms with Gasteiger partial charge in [0.05, 0.1) is 13.2 Å². The Balaban J connectivity index is 3.13. The van der Waals surface area contributed by atoms with Crippen LogP contribution in [0.2, 0.25) is 0 Å². The molecule has 21 heavy (non-hydrogen) atoms. The normalized spacial score (nSPS) is 12.0. The van der Waals surface area contributed by atoms with Crippen molar-refractivity contribution in [2.45, 2.75) is 33.2 Å². The van der Waals surface area contributed by atoms with Crippen LogP contribution in [0.5, 0.6) is 5.75 Å². The molecule has 0 saturated carbocycles. The molecule has 1 rings (SSSR count). The van der Waals surface area contributed by atoms with Gasteiger partial charge in [0.15, 0.2) is 0 Å². The summed E-state index contributed by atoms with van der Waals surface area (Å²) in [6.07, 6.45) is 0.867. The maximum absolute atomic E-state index is 12.9. The van der Waals surface area contributed by atoms with Crippen LogP contribution in [-0.2, 0) is 4.74 Å². The van der Waals surface area contributed by atoms with Crippen molar-refractivity contribution in [3.05, 3.63) is 23.8 Å². The molecule has 1 amide bonds. The number of hydrogen-bond acceptors (Lipinski definition) is 4. The molecule has 1 aromatic rings. The number of nitrogens with zero attached hydrogens (tertiary/aromatic N) is 1. The molecule has 0 fully saturated rings. The molecule has 5 nitrogen and oxygen atoms in total. The van der Waals surface area contributed by atoms with Gasteiger partial charge in [0.1, 0.15) is 11.3 Å². The molecule has 0 heterocycles. The quantitative estimate of drug-likeness (QED) is 0.748. The molecule has 1 atom stereocenters. The van der Waals surface area contributed by atoms with E-state index in [4.69, 9.17) is 15.2 Å². The number of benzene rings is 1. The third kappa shape index (κ3) is 4.36. The van der Waals surface area contributed by atoms with Crippen molar-refractivity contribution in [3.63, 3.8) is 0 Å². The van der Waals surface area contributed by atoms with Gasteiger partial charge >= 0.3 is 0 Å². The fraction of sp³-hybridized carbons (Fsp3) is 0.562. The van der Waals surface area contributed by atoms with E-state index in [-0.39, 0.29) is 11.9 Å². The lowest BCUT2D eigenvalue weighted by atomic mass is 10.1. The van der Waals surface area contributed by atoms with Gasteiger partial charge in [-0.1, -0.05) is 13.0 Å². The molecular weight excluding hydrogens is 268 g/mol. The molecule has 0 aromatic heterocycles. The largest absolute Gasteiger partial charge is 0.493 e. The summed E-state index contributed by atoms with van der Waals surface area (Å²) in [6, 6.07) is 5.40. The van der Waals surface area contributed by atoms with Crippen LogP contribution in [-0.4, -0.2) is 43.7 Å². The van der Waals surface area contributed by atoms with Crippen molar-refractivity contribution in [2.24, 2.45) is 0 Å². The Labute approximate surface area is 127 Å². The maximum atomic E-state index is 12.9. The van der Waals surface area contributed by atoms with E-state index in [1.165, 1.54) is 0 Å². The lowest BCUT2D eigenvalue weighted by Gasteiger charge is -2.29. The topological polar surface area (TPSA) is 64.8 Å². The number of carbonyl (C=O) groups is 1. The Bertz CT molecular complexity index is 463. The molecule has 0 aliphatic carbocycles. The van der Waals surface area contributed by atoms with Crippen molar-refractivity contribution >= 4 is 11.6 Å². The maximum Gasteiger partial charge on any atom is 0.260 e. The van der Waals surface area contributed by atoms with E-state index >= 15 is 0 Å². The van der Waals surface area contributed by atoms with Gasteiger partial charge in [0, 0.05) is 25.4 Å². The van der Waals surface area contributed by atoms with Crippen LogP contribution >= 0.6 is 0 Å². The van der Waals surface area contributed by atoms with E-state index < -0.39 is 0 Å². The molecule has 0 saturated heterocycles. The molecule has 1 aromatic carbocycles. The van der Waals surface area contributed by atoms with Crippen molar-refractivity contribution in [1.29, 1.82) is 0 Å². The Hall–Kier alpha value is -1.75. The molecule has 1 unspecified atom stereocenters. The minimum absolute atomic E-state index is 0.108. The van der Waals surface area contributed by atoms with Gasteiger partial charge in [-0.05, 0) is 32.4 Å². The summed E-state index contributed by atoms with van der Waals surface area (Å²) < 4.78 is 10.7. The average Bonchev–Trinajstić information content (AvgIpc) is 2.47. The minimum atomic E-state index is -0.108. The van der Waals surface area contributed by atoms with E-state index in [0.717, 1.165) is 6.42 Å². The molecule has 0 bridgehead atoms. The zero-order valence-electron chi connectivity index (χ0n) is 13.4. The standard InChI is InChI=1S/C16H26N2O3/c1-5-12(3)18(10-11-20-4)16(19)15-13(17)8-7-9-14(15)21-6-2/h7-9,12H,5-6,10-11,17H2,1-4H3. The number of methoxy groups -OCH3 is 1. The van der Waals surface area contributed by atoms with Gasteiger partial charge in [0.2, 0.25) is 0 Å². The third-order valence-corrected chi connectivity index (χ3v) is 3.49. The van der Waals surface area contributed by atoms with Gasteiger partial charge in [0.25, 0.3) is 5.91 Å². The number of hydrogen-bond donors (Lipinski definition) is 1. The Morgan fingerprint density at radius 2 is 2.10 bits per heavy atom. The van der Waals surface area contributed by atoms with Crippen LogP contribution in [0.15, 0.2) is 18.2 Å². The summed E-state index contributed by atoms with van der Waals surface area (Å²) in [6.45, 7) is 7.47. The molecule has 118 valence electrons. The summed E-state index contributed by atoms with van der Waals surface area (Å²) >= 11 is 0. The molecule has 0 radical (unpaired) electrons. The number of amides is 1. The Morgan fingerprint density at radius 1 is 1.38 bits per heavy atom. The predicted molar refractivity (Wildman–Crippen MR) is 84.7 cm³/mol. The van der Waals surface area contributed by atoms with E-state index in [1.807, 2.05) is 13.8 Å². The number of rotatable bonds is 8. The first-order valence-corrected chi connectivity index (χ1v) is 7.37. The van der Waals surface area contributed by atoms with Crippen LogP contribution in [0.4, 0.5) is 5.69 Å². The summed E-state index contributed by atoms with van der Waals surface area (Å²) in [5, 5.41) is 0. The minimum Gasteiger partial charge on any atom is -0.493 e. The van der Waals surface area contributed by atoms with E-state index in [9.17, 15) is 4.79 Å². The van der Waals surface area contributed by atoms with Gasteiger partial charge in [-0.3, -0.25) is 4.79 Å². The van der Waals surface area contributed by atoms with Gasteiger partial charge in [-0.25, -0.2) is 0 Å². The van der Waals surface area contributed by atoms with Crippen LogP contribution in [0.3, 0.4) is 0 Å². The smallest absolute Gasteiger partial charge is 0.260 e. The highest BCUT2D eigenvalue weighted by atomic mass is 16.5. The predicted octanol–water partition coefficient (Wildman–Crippen LogP) is 2.55. The number of ether oxygens (including phenoxy) is 2. The van der Waals surface area contributed by atoms with Crippen LogP contribution in [0.25, 0.3) is 0 Å². The lowest BCUT2D eigenvalue weighted by molar-refractivity contribution is 0.0611. The molecule has 0 aliphatic heterocycles. The fourth-order valence-corrected chi connectivity index (χ4v) is 2.13. The molecule has 2 N–H and O–H groups in total. The highest BCUT2D eigenvalue weighted by Crippen LogP contribution is 2.27. The number of nitrogen functional groups attached to an aromatic ring is 1. The van der Waals surface area contributed by atoms with E-state index in [0.29, 0.717) is 36.8 Å². The summed E-state index contributed by atoms with van der Waals surface area (Å²) in [7, 11) is 1.63. The zero-order chi connectivity index (χ0) is 15.8. The monoisotopic (exact) mass is 294 g/mol. The summed E-state index contributed by atoms with van der Waals surface area (Å²) in [5.74, 6) is 0.427. The number of nitrogens with two attached hydrogens (primary N) is 1. The SMILES string of the molecule is CCOc1cccc(N)c1C(=O)N(CCOC)C(C)CC. The average molecular weight is 294 g/mol. The first-order valence-electron chi connectivity index (χ1n) is 7.37. The first kappa shape index (κ1) is 17.3. The van der Waals surface area contributed by atoms with Gasteiger partial charge in [-0.2, -0.15) is 0 Å². The number of carbonyl (C=O) groups excluding carboxylic acids is 1. The van der Waals surface area contributed by atoms with Crippen molar-refractivity contribution < 1.29 is 14.3 Å². The Kier molecular flexibility index (Phi) is 7.02. The lowest BCUT2D eigenvalue weighted by Crippen LogP contribution is -2.41. The van der Waals surface area contributed by atoms with Crippen LogP contribution in [0, 0.1) is 0 Å². The van der Waals surface area contributed by atoms with Crippen molar-refractivity contribution in [2.75, 3.05) is 32.6 Å². The zero-order valence-corrected chi connectivity index (χ0v) is 13.4. The summed E-state index contributed by atoms with van der Waals surface area (Å²) in [4.78, 5) is 14.7. The molecule has 5 heteroatoms. The second-order valence-corrected chi connectivity index (χ2v) is 4.90. The Morgan fingerprint density at radius 3 is 2.67 bits per heavy atom. The summed E-state index contributed by atoms with van der Waals surface area (Å²) in [5.41, 5.74) is 6.88. The first-order chi connectivity index (χ1) is 10.1. The van der Waals surface area contributed by atoms with Crippen molar-refractivity contribution in [1.82, 2.24) is 4.90 Å². The van der Waals surface area contributed by atoms with Gasteiger partial charge in [-0.15, -0.1) is 0 Å². The highest BCUT2D eigenvalue weighted by molar-refractivity contribution is 6.02. The van der Waals surface area contributed by atoms with E-state index in [1.54, 1.807) is 30.2 Å². The van der Waals surface area contributed by atoms with Gasteiger partial charge < -0.3 is 20.1 Å². The van der Waals surface area contributed by atoms with E-state index in [2.05, 4.69) is 6.92 Å². The number of anilines is 1. The molecule has 0 spiro atoms. The third-order valence-electron chi connectivity index (χ3n) is 3.49. The second kappa shape index (κ2) is 8.52. The van der Waals surface area contributed by atoms with Crippen molar-refractivity contribution in [3.8, 4) is 5.75 Å². The second-order valence-electron chi connectivity index (χ2n) is 4.90.